The van der Waals surface area contributed by atoms with Crippen LogP contribution in [0.4, 0.5) is 10.8 Å². The van der Waals surface area contributed by atoms with Crippen LogP contribution in [0.3, 0.4) is 0 Å². The molecule has 0 radical (unpaired) electrons. The first-order valence-electron chi connectivity index (χ1n) is 8.63. The Labute approximate surface area is 170 Å². The quantitative estimate of drug-likeness (QED) is 0.668. The molecule has 0 fully saturated rings. The van der Waals surface area contributed by atoms with E-state index in [4.69, 9.17) is 14.2 Å². The van der Waals surface area contributed by atoms with Crippen LogP contribution in [0.2, 0.25) is 0 Å². The smallest absolute Gasteiger partial charge is 0.262 e. The standard InChI is InChI=1S/C20H17N3O5S/c1-26-16-6-4-12(8-17(16)27-2)19(25)23-20-22-14(10-29-20)11-3-5-15-13(7-11)21-18(24)9-28-15/h3-8,10H,9H2,1-2H3,(H,21,24)(H,22,23,25). The summed E-state index contributed by atoms with van der Waals surface area (Å²) in [5, 5.41) is 7.84. The molecule has 4 rings (SSSR count). The summed E-state index contributed by atoms with van der Waals surface area (Å²) >= 11 is 1.31. The summed E-state index contributed by atoms with van der Waals surface area (Å²) in [5.41, 5.74) is 2.51. The van der Waals surface area contributed by atoms with E-state index < -0.39 is 0 Å². The van der Waals surface area contributed by atoms with Gasteiger partial charge in [0, 0.05) is 16.5 Å². The van der Waals surface area contributed by atoms with Gasteiger partial charge in [-0.25, -0.2) is 4.98 Å². The lowest BCUT2D eigenvalue weighted by Gasteiger charge is -2.18. The third kappa shape index (κ3) is 3.85. The van der Waals surface area contributed by atoms with Crippen LogP contribution in [-0.2, 0) is 4.79 Å². The fourth-order valence-corrected chi connectivity index (χ4v) is 3.57. The van der Waals surface area contributed by atoms with Crippen LogP contribution in [0, 0.1) is 0 Å². The van der Waals surface area contributed by atoms with Gasteiger partial charge in [-0.15, -0.1) is 11.3 Å². The average molecular weight is 411 g/mol. The van der Waals surface area contributed by atoms with Gasteiger partial charge < -0.3 is 19.5 Å². The van der Waals surface area contributed by atoms with Crippen molar-refractivity contribution in [2.75, 3.05) is 31.5 Å². The second-order valence-electron chi connectivity index (χ2n) is 6.11. The van der Waals surface area contributed by atoms with E-state index in [1.165, 1.54) is 25.6 Å². The number of anilines is 2. The molecule has 0 saturated carbocycles. The molecule has 0 unspecified atom stereocenters. The Hall–Kier alpha value is -3.59. The molecule has 0 spiro atoms. The highest BCUT2D eigenvalue weighted by Gasteiger charge is 2.18. The van der Waals surface area contributed by atoms with Crippen molar-refractivity contribution in [2.45, 2.75) is 0 Å². The highest BCUT2D eigenvalue weighted by Crippen LogP contribution is 2.34. The van der Waals surface area contributed by atoms with Crippen LogP contribution < -0.4 is 24.8 Å². The molecule has 2 heterocycles. The van der Waals surface area contributed by atoms with Gasteiger partial charge in [0.25, 0.3) is 11.8 Å². The zero-order valence-electron chi connectivity index (χ0n) is 15.6. The number of aromatic nitrogens is 1. The number of amides is 2. The number of carbonyl (C=O) groups excluding carboxylic acids is 2. The van der Waals surface area contributed by atoms with Gasteiger partial charge in [-0.05, 0) is 36.4 Å². The predicted molar refractivity (Wildman–Crippen MR) is 109 cm³/mol. The first-order valence-corrected chi connectivity index (χ1v) is 9.51. The number of rotatable bonds is 5. The van der Waals surface area contributed by atoms with E-state index in [1.807, 2.05) is 11.4 Å². The Bertz CT molecular complexity index is 1100. The summed E-state index contributed by atoms with van der Waals surface area (Å²) in [6.45, 7) is 0.00930. The molecule has 1 aliphatic rings. The number of nitrogens with one attached hydrogen (secondary N) is 2. The van der Waals surface area contributed by atoms with Crippen LogP contribution >= 0.6 is 11.3 Å². The topological polar surface area (TPSA) is 98.8 Å². The number of ether oxygens (including phenoxy) is 3. The van der Waals surface area contributed by atoms with Crippen LogP contribution in [0.5, 0.6) is 17.2 Å². The Morgan fingerprint density at radius 2 is 2.00 bits per heavy atom. The van der Waals surface area contributed by atoms with E-state index >= 15 is 0 Å². The lowest BCUT2D eigenvalue weighted by molar-refractivity contribution is -0.118. The van der Waals surface area contributed by atoms with Crippen LogP contribution in [-0.4, -0.2) is 37.6 Å². The highest BCUT2D eigenvalue weighted by atomic mass is 32.1. The zero-order valence-corrected chi connectivity index (χ0v) is 16.5. The summed E-state index contributed by atoms with van der Waals surface area (Å²) < 4.78 is 15.8. The summed E-state index contributed by atoms with van der Waals surface area (Å²) in [6, 6.07) is 10.4. The zero-order chi connectivity index (χ0) is 20.4. The number of methoxy groups -OCH3 is 2. The minimum absolute atomic E-state index is 0.00930. The first kappa shape index (κ1) is 18.8. The first-order chi connectivity index (χ1) is 14.1. The fraction of sp³-hybridized carbons (Fsp3) is 0.150. The third-order valence-corrected chi connectivity index (χ3v) is 5.04. The maximum Gasteiger partial charge on any atom is 0.262 e. The number of carbonyl (C=O) groups is 2. The Balaban J connectivity index is 1.52. The maximum atomic E-state index is 12.6. The van der Waals surface area contributed by atoms with Gasteiger partial charge in [0.05, 0.1) is 25.6 Å². The molecule has 0 bridgehead atoms. The predicted octanol–water partition coefficient (Wildman–Crippen LogP) is 3.41. The highest BCUT2D eigenvalue weighted by molar-refractivity contribution is 7.14. The third-order valence-electron chi connectivity index (χ3n) is 4.28. The van der Waals surface area contributed by atoms with E-state index in [1.54, 1.807) is 30.3 Å². The lowest BCUT2D eigenvalue weighted by atomic mass is 10.1. The minimum atomic E-state index is -0.307. The lowest BCUT2D eigenvalue weighted by Crippen LogP contribution is -2.25. The van der Waals surface area contributed by atoms with Gasteiger partial charge in [-0.2, -0.15) is 0 Å². The molecular weight excluding hydrogens is 394 g/mol. The van der Waals surface area contributed by atoms with Crippen molar-refractivity contribution < 1.29 is 23.8 Å². The molecular formula is C20H17N3O5S. The minimum Gasteiger partial charge on any atom is -0.493 e. The molecule has 0 atom stereocenters. The molecule has 2 amide bonds. The SMILES string of the molecule is COc1ccc(C(=O)Nc2nc(-c3ccc4c(c3)NC(=O)CO4)cs2)cc1OC. The van der Waals surface area contributed by atoms with E-state index in [0.29, 0.717) is 39.3 Å². The van der Waals surface area contributed by atoms with Gasteiger partial charge >= 0.3 is 0 Å². The summed E-state index contributed by atoms with van der Waals surface area (Å²) in [6.07, 6.45) is 0. The molecule has 2 aromatic carbocycles. The number of hydrogen-bond acceptors (Lipinski definition) is 7. The molecule has 3 aromatic rings. The Kier molecular flexibility index (Phi) is 5.05. The molecule has 29 heavy (non-hydrogen) atoms. The molecule has 8 nitrogen and oxygen atoms in total. The van der Waals surface area contributed by atoms with Crippen molar-refractivity contribution in [1.82, 2.24) is 4.98 Å². The second kappa shape index (κ2) is 7.80. The van der Waals surface area contributed by atoms with Crippen LogP contribution in [0.15, 0.2) is 41.8 Å². The van der Waals surface area contributed by atoms with E-state index in [-0.39, 0.29) is 18.4 Å². The van der Waals surface area contributed by atoms with E-state index in [9.17, 15) is 9.59 Å². The second-order valence-corrected chi connectivity index (χ2v) is 6.97. The summed E-state index contributed by atoms with van der Waals surface area (Å²) in [4.78, 5) is 28.5. The average Bonchev–Trinajstić information content (AvgIpc) is 3.21. The largest absolute Gasteiger partial charge is 0.493 e. The van der Waals surface area contributed by atoms with Crippen molar-refractivity contribution in [1.29, 1.82) is 0 Å². The molecule has 1 aromatic heterocycles. The van der Waals surface area contributed by atoms with Gasteiger partial charge in [0.15, 0.2) is 23.2 Å². The van der Waals surface area contributed by atoms with E-state index in [0.717, 1.165) is 5.56 Å². The van der Waals surface area contributed by atoms with Crippen molar-refractivity contribution in [3.05, 3.63) is 47.3 Å². The van der Waals surface area contributed by atoms with Crippen molar-refractivity contribution >= 4 is 34.0 Å². The number of fused-ring (bicyclic) bond motifs is 1. The summed E-state index contributed by atoms with van der Waals surface area (Å²) in [5.74, 6) is 1.13. The molecule has 2 N–H and O–H groups in total. The molecule has 9 heteroatoms. The van der Waals surface area contributed by atoms with Gasteiger partial charge in [-0.3, -0.25) is 14.9 Å². The number of nitrogens with zero attached hydrogens (tertiary/aromatic N) is 1. The Morgan fingerprint density at radius 1 is 1.17 bits per heavy atom. The molecule has 0 saturated heterocycles. The van der Waals surface area contributed by atoms with Crippen LogP contribution in [0.25, 0.3) is 11.3 Å². The monoisotopic (exact) mass is 411 g/mol. The molecule has 1 aliphatic heterocycles. The Morgan fingerprint density at radius 3 is 2.79 bits per heavy atom. The maximum absolute atomic E-state index is 12.6. The van der Waals surface area contributed by atoms with Crippen molar-refractivity contribution in [3.8, 4) is 28.5 Å². The van der Waals surface area contributed by atoms with Crippen LogP contribution in [0.1, 0.15) is 10.4 Å². The fourth-order valence-electron chi connectivity index (χ4n) is 2.85. The van der Waals surface area contributed by atoms with Crippen molar-refractivity contribution in [2.24, 2.45) is 0 Å². The van der Waals surface area contributed by atoms with Gasteiger partial charge in [0.1, 0.15) is 5.75 Å². The number of hydrogen-bond donors (Lipinski definition) is 2. The normalized spacial score (nSPS) is 12.4. The van der Waals surface area contributed by atoms with E-state index in [2.05, 4.69) is 15.6 Å². The van der Waals surface area contributed by atoms with Crippen molar-refractivity contribution in [3.63, 3.8) is 0 Å². The summed E-state index contributed by atoms with van der Waals surface area (Å²) in [7, 11) is 3.05. The molecule has 0 aliphatic carbocycles. The molecule has 148 valence electrons. The van der Waals surface area contributed by atoms with Gasteiger partial charge in [0.2, 0.25) is 0 Å². The number of benzene rings is 2. The number of thiazole rings is 1. The van der Waals surface area contributed by atoms with Gasteiger partial charge in [-0.1, -0.05) is 0 Å².